The van der Waals surface area contributed by atoms with Crippen molar-refractivity contribution in [3.8, 4) is 17.3 Å². The first-order valence-corrected chi connectivity index (χ1v) is 11.4. The van der Waals surface area contributed by atoms with Gasteiger partial charge in [0, 0.05) is 11.5 Å². The van der Waals surface area contributed by atoms with Gasteiger partial charge in [0.25, 0.3) is 11.4 Å². The van der Waals surface area contributed by atoms with Crippen LogP contribution in [0, 0.1) is 0 Å². The molecule has 2 aromatic heterocycles. The lowest BCUT2D eigenvalue weighted by molar-refractivity contribution is 0.402. The van der Waals surface area contributed by atoms with Crippen molar-refractivity contribution in [2.45, 2.75) is 6.04 Å². The molecule has 5 rings (SSSR count). The largest absolute Gasteiger partial charge is 0.489 e. The van der Waals surface area contributed by atoms with E-state index < -0.39 is 0 Å². The van der Waals surface area contributed by atoms with E-state index in [0.29, 0.717) is 17.0 Å². The molecule has 3 aromatic carbocycles. The zero-order chi connectivity index (χ0) is 23.7. The Morgan fingerprint density at radius 1 is 0.971 bits per heavy atom. The van der Waals surface area contributed by atoms with Gasteiger partial charge < -0.3 is 14.5 Å². The van der Waals surface area contributed by atoms with Crippen LogP contribution in [0.5, 0.6) is 5.75 Å². The van der Waals surface area contributed by atoms with E-state index in [9.17, 15) is 4.79 Å². The summed E-state index contributed by atoms with van der Waals surface area (Å²) in [5.74, 6) is 0.646. The lowest BCUT2D eigenvalue weighted by Gasteiger charge is -2.22. The van der Waals surface area contributed by atoms with E-state index in [1.165, 1.54) is 11.7 Å². The number of anilines is 1. The van der Waals surface area contributed by atoms with Gasteiger partial charge in [-0.3, -0.25) is 9.36 Å². The molecule has 0 saturated heterocycles. The van der Waals surface area contributed by atoms with Crippen LogP contribution in [0.15, 0.2) is 92.5 Å². The maximum absolute atomic E-state index is 13.2. The maximum atomic E-state index is 13.2. The Balaban J connectivity index is 1.66. The molecule has 0 aliphatic heterocycles. The topological polar surface area (TPSA) is 82.2 Å². The molecule has 0 amide bonds. The Hall–Kier alpha value is -3.91. The van der Waals surface area contributed by atoms with Gasteiger partial charge >= 0.3 is 0 Å². The number of hydrogen-bond acceptors (Lipinski definition) is 6. The number of ether oxygens (including phenoxy) is 1. The third-order valence-electron chi connectivity index (χ3n) is 5.54. The van der Waals surface area contributed by atoms with Gasteiger partial charge in [-0.25, -0.2) is 9.97 Å². The predicted molar refractivity (Wildman–Crippen MR) is 135 cm³/mol. The molecule has 1 unspecified atom stereocenters. The van der Waals surface area contributed by atoms with Gasteiger partial charge in [-0.15, -0.1) is 0 Å². The Labute approximate surface area is 204 Å². The van der Waals surface area contributed by atoms with Gasteiger partial charge in [-0.05, 0) is 35.4 Å². The fourth-order valence-corrected chi connectivity index (χ4v) is 4.25. The van der Waals surface area contributed by atoms with E-state index in [-0.39, 0.29) is 28.9 Å². The molecule has 5 aromatic rings. The third kappa shape index (κ3) is 4.08. The quantitative estimate of drug-likeness (QED) is 0.318. The zero-order valence-corrected chi connectivity index (χ0v) is 20.1. The van der Waals surface area contributed by atoms with Crippen molar-refractivity contribution in [3.05, 3.63) is 105 Å². The van der Waals surface area contributed by atoms with Crippen LogP contribution in [0.25, 0.3) is 22.7 Å². The third-order valence-corrected chi connectivity index (χ3v) is 6.03. The number of fused-ring (bicyclic) bond motifs is 1. The highest BCUT2D eigenvalue weighted by molar-refractivity contribution is 9.10. The molecule has 0 aliphatic carbocycles. The van der Waals surface area contributed by atoms with Gasteiger partial charge in [-0.1, -0.05) is 70.5 Å². The van der Waals surface area contributed by atoms with Crippen molar-refractivity contribution < 1.29 is 9.15 Å². The molecule has 34 heavy (non-hydrogen) atoms. The SMILES string of the molecule is COc1c(-c2nc3ccccc3o2)nc(NC(c2ccccc2)c2cccc(Br)c2)n(C)c1=O. The van der Waals surface area contributed by atoms with Gasteiger partial charge in [0.15, 0.2) is 11.3 Å². The highest BCUT2D eigenvalue weighted by atomic mass is 79.9. The number of para-hydroxylation sites is 2. The fraction of sp³-hybridized carbons (Fsp3) is 0.115. The lowest BCUT2D eigenvalue weighted by Crippen LogP contribution is -2.26. The van der Waals surface area contributed by atoms with E-state index in [4.69, 9.17) is 14.1 Å². The summed E-state index contributed by atoms with van der Waals surface area (Å²) in [6, 6.07) is 25.1. The zero-order valence-electron chi connectivity index (χ0n) is 18.5. The lowest BCUT2D eigenvalue weighted by atomic mass is 9.99. The summed E-state index contributed by atoms with van der Waals surface area (Å²) in [5, 5.41) is 3.45. The molecule has 0 aliphatic rings. The summed E-state index contributed by atoms with van der Waals surface area (Å²) in [6.07, 6.45) is 0. The van der Waals surface area contributed by atoms with Crippen LogP contribution < -0.4 is 15.6 Å². The van der Waals surface area contributed by atoms with E-state index in [0.717, 1.165) is 15.6 Å². The van der Waals surface area contributed by atoms with Gasteiger partial charge in [0.1, 0.15) is 5.52 Å². The first-order chi connectivity index (χ1) is 16.5. The average Bonchev–Trinajstić information content (AvgIpc) is 3.29. The molecule has 1 atom stereocenters. The Morgan fingerprint density at radius 2 is 1.71 bits per heavy atom. The standard InChI is InChI=1S/C26H21BrN4O3/c1-31-25(32)23(33-2)22(24-28-19-13-6-7-14-20(19)34-24)30-26(31)29-21(16-9-4-3-5-10-16)17-11-8-12-18(27)15-17/h3-15,21H,1-2H3,(H,29,30). The number of nitrogens with one attached hydrogen (secondary N) is 1. The summed E-state index contributed by atoms with van der Waals surface area (Å²) in [7, 11) is 3.09. The molecule has 0 spiro atoms. The second-order valence-electron chi connectivity index (χ2n) is 7.71. The van der Waals surface area contributed by atoms with E-state index in [1.54, 1.807) is 7.05 Å². The van der Waals surface area contributed by atoms with Crippen molar-refractivity contribution in [2.24, 2.45) is 7.05 Å². The highest BCUT2D eigenvalue weighted by Crippen LogP contribution is 2.31. The predicted octanol–water partition coefficient (Wildman–Crippen LogP) is 5.56. The number of hydrogen-bond donors (Lipinski definition) is 1. The average molecular weight is 517 g/mol. The Kier molecular flexibility index (Phi) is 5.90. The number of methoxy groups -OCH3 is 1. The smallest absolute Gasteiger partial charge is 0.297 e. The van der Waals surface area contributed by atoms with Gasteiger partial charge in [0.2, 0.25) is 11.7 Å². The number of benzene rings is 3. The molecule has 0 fully saturated rings. The molecular weight excluding hydrogens is 496 g/mol. The second kappa shape index (κ2) is 9.15. The van der Waals surface area contributed by atoms with Gasteiger partial charge in [-0.2, -0.15) is 0 Å². The molecule has 0 saturated carbocycles. The minimum Gasteiger partial charge on any atom is -0.489 e. The minimum atomic E-state index is -0.349. The van der Waals surface area contributed by atoms with E-state index >= 15 is 0 Å². The molecule has 7 nitrogen and oxygen atoms in total. The monoisotopic (exact) mass is 516 g/mol. The molecule has 0 radical (unpaired) electrons. The van der Waals surface area contributed by atoms with Gasteiger partial charge in [0.05, 0.1) is 13.2 Å². The normalized spacial score (nSPS) is 12.0. The number of oxazole rings is 1. The molecule has 8 heteroatoms. The van der Waals surface area contributed by atoms with Crippen molar-refractivity contribution in [1.29, 1.82) is 0 Å². The molecule has 2 heterocycles. The summed E-state index contributed by atoms with van der Waals surface area (Å²) < 4.78 is 13.7. The number of aromatic nitrogens is 3. The number of rotatable bonds is 6. The van der Waals surface area contributed by atoms with Crippen LogP contribution in [0.2, 0.25) is 0 Å². The van der Waals surface area contributed by atoms with Crippen LogP contribution in [0.1, 0.15) is 17.2 Å². The van der Waals surface area contributed by atoms with Crippen LogP contribution in [0.4, 0.5) is 5.95 Å². The van der Waals surface area contributed by atoms with Crippen LogP contribution in [-0.4, -0.2) is 21.6 Å². The fourth-order valence-electron chi connectivity index (χ4n) is 3.83. The van der Waals surface area contributed by atoms with Crippen molar-refractivity contribution in [3.63, 3.8) is 0 Å². The van der Waals surface area contributed by atoms with Crippen LogP contribution in [0.3, 0.4) is 0 Å². The van der Waals surface area contributed by atoms with Crippen molar-refractivity contribution >= 4 is 33.0 Å². The Morgan fingerprint density at radius 3 is 2.44 bits per heavy atom. The molecule has 170 valence electrons. The van der Waals surface area contributed by atoms with Crippen LogP contribution in [-0.2, 0) is 7.05 Å². The maximum Gasteiger partial charge on any atom is 0.297 e. The first kappa shape index (κ1) is 21.9. The molecular formula is C26H21BrN4O3. The van der Waals surface area contributed by atoms with Crippen molar-refractivity contribution in [2.75, 3.05) is 12.4 Å². The van der Waals surface area contributed by atoms with Crippen molar-refractivity contribution in [1.82, 2.24) is 14.5 Å². The second-order valence-corrected chi connectivity index (χ2v) is 8.63. The van der Waals surface area contributed by atoms with E-state index in [1.807, 2.05) is 78.9 Å². The summed E-state index contributed by atoms with van der Waals surface area (Å²) in [6.45, 7) is 0. The minimum absolute atomic E-state index is 0.0679. The number of halogens is 1. The number of nitrogens with zero attached hydrogens (tertiary/aromatic N) is 3. The molecule has 0 bridgehead atoms. The molecule has 1 N–H and O–H groups in total. The van der Waals surface area contributed by atoms with Crippen LogP contribution >= 0.6 is 15.9 Å². The first-order valence-electron chi connectivity index (χ1n) is 10.6. The summed E-state index contributed by atoms with van der Waals surface area (Å²) in [4.78, 5) is 22.5. The Bertz CT molecular complexity index is 1500. The highest BCUT2D eigenvalue weighted by Gasteiger charge is 2.24. The summed E-state index contributed by atoms with van der Waals surface area (Å²) in [5.41, 5.74) is 3.20. The van der Waals surface area contributed by atoms with E-state index in [2.05, 4.69) is 26.2 Å². The summed E-state index contributed by atoms with van der Waals surface area (Å²) >= 11 is 3.56.